The fourth-order valence-electron chi connectivity index (χ4n) is 0.427. The fourth-order valence-corrected chi connectivity index (χ4v) is 0.427. The van der Waals surface area contributed by atoms with Crippen molar-refractivity contribution in [2.75, 3.05) is 13.7 Å². The van der Waals surface area contributed by atoms with Gasteiger partial charge in [-0.25, -0.2) is 0 Å². The number of hydrogen-bond acceptors (Lipinski definition) is 5. The lowest BCUT2D eigenvalue weighted by molar-refractivity contribution is -0.148. The van der Waals surface area contributed by atoms with E-state index in [2.05, 4.69) is 9.47 Å². The first-order valence-electron chi connectivity index (χ1n) is 3.04. The lowest BCUT2D eigenvalue weighted by Gasteiger charge is -2.07. The number of rotatable bonds is 3. The molecule has 0 aliphatic rings. The van der Waals surface area contributed by atoms with Crippen LogP contribution in [0, 0.1) is 0 Å². The molecule has 5 nitrogen and oxygen atoms in total. The summed E-state index contributed by atoms with van der Waals surface area (Å²) in [6.45, 7) is 1.10. The third-order valence-electron chi connectivity index (χ3n) is 0.970. The molecule has 72 valence electrons. The molecule has 0 rings (SSSR count). The molecule has 0 unspecified atom stereocenters. The molecule has 0 radical (unpaired) electrons. The highest BCUT2D eigenvalue weighted by atomic mass is 35.5. The lowest BCUT2D eigenvalue weighted by Crippen LogP contribution is -2.36. The Morgan fingerprint density at radius 3 is 2.33 bits per heavy atom. The largest absolute Gasteiger partial charge is 0.468 e. The maximum Gasteiger partial charge on any atom is 0.326 e. The van der Waals surface area contributed by atoms with E-state index in [-0.39, 0.29) is 19.0 Å². The van der Waals surface area contributed by atoms with E-state index in [1.165, 1.54) is 14.0 Å². The van der Waals surface area contributed by atoms with Gasteiger partial charge in [-0.05, 0) is 0 Å². The zero-order valence-electron chi connectivity index (χ0n) is 6.90. The van der Waals surface area contributed by atoms with Gasteiger partial charge in [-0.2, -0.15) is 0 Å². The minimum absolute atomic E-state index is 0. The Bertz CT molecular complexity index is 162. The zero-order valence-corrected chi connectivity index (χ0v) is 7.72. The van der Waals surface area contributed by atoms with E-state index in [1.807, 2.05) is 0 Å². The summed E-state index contributed by atoms with van der Waals surface area (Å²) in [4.78, 5) is 20.8. The molecule has 1 atom stereocenters. The van der Waals surface area contributed by atoms with E-state index in [0.717, 1.165) is 0 Å². The first kappa shape index (κ1) is 13.8. The van der Waals surface area contributed by atoms with Gasteiger partial charge in [0.05, 0.1) is 7.11 Å². The second-order valence-corrected chi connectivity index (χ2v) is 1.93. The topological polar surface area (TPSA) is 78.6 Å². The minimum Gasteiger partial charge on any atom is -0.468 e. The lowest BCUT2D eigenvalue weighted by atomic mass is 10.3. The van der Waals surface area contributed by atoms with E-state index in [4.69, 9.17) is 5.73 Å². The van der Waals surface area contributed by atoms with Crippen LogP contribution in [0.3, 0.4) is 0 Å². The molecule has 0 fully saturated rings. The van der Waals surface area contributed by atoms with Crippen LogP contribution in [0.4, 0.5) is 0 Å². The van der Waals surface area contributed by atoms with Gasteiger partial charge in [0, 0.05) is 6.92 Å². The first-order chi connectivity index (χ1) is 5.07. The Hall–Kier alpha value is -0.810. The van der Waals surface area contributed by atoms with Gasteiger partial charge in [0.1, 0.15) is 12.6 Å². The van der Waals surface area contributed by atoms with Crippen LogP contribution in [0.5, 0.6) is 0 Å². The van der Waals surface area contributed by atoms with Crippen molar-refractivity contribution in [3.8, 4) is 0 Å². The smallest absolute Gasteiger partial charge is 0.326 e. The van der Waals surface area contributed by atoms with Crippen molar-refractivity contribution in [2.45, 2.75) is 13.0 Å². The normalized spacial score (nSPS) is 10.9. The van der Waals surface area contributed by atoms with Crippen LogP contribution < -0.4 is 5.73 Å². The Morgan fingerprint density at radius 2 is 2.00 bits per heavy atom. The summed E-state index contributed by atoms with van der Waals surface area (Å²) in [7, 11) is 1.22. The molecule has 6 heteroatoms. The van der Waals surface area contributed by atoms with Gasteiger partial charge in [0.25, 0.3) is 0 Å². The first-order valence-corrected chi connectivity index (χ1v) is 3.04. The maximum absolute atomic E-state index is 10.6. The molecule has 0 bridgehead atoms. The van der Waals surface area contributed by atoms with E-state index in [0.29, 0.717) is 0 Å². The van der Waals surface area contributed by atoms with Gasteiger partial charge in [-0.15, -0.1) is 12.4 Å². The van der Waals surface area contributed by atoms with Crippen LogP contribution >= 0.6 is 12.4 Å². The predicted molar refractivity (Wildman–Crippen MR) is 43.9 cm³/mol. The highest BCUT2D eigenvalue weighted by molar-refractivity contribution is 5.85. The number of carbonyl (C=O) groups excluding carboxylic acids is 2. The second kappa shape index (κ2) is 6.87. The number of carbonyl (C=O) groups is 2. The van der Waals surface area contributed by atoms with E-state index >= 15 is 0 Å². The number of hydrogen-bond donors (Lipinski definition) is 1. The van der Waals surface area contributed by atoms with Gasteiger partial charge in [0.15, 0.2) is 0 Å². The third-order valence-corrected chi connectivity index (χ3v) is 0.970. The Kier molecular flexibility index (Phi) is 7.88. The van der Waals surface area contributed by atoms with Crippen LogP contribution in [0.15, 0.2) is 0 Å². The number of halogens is 1. The van der Waals surface area contributed by atoms with Gasteiger partial charge < -0.3 is 15.2 Å². The number of ether oxygens (including phenoxy) is 2. The van der Waals surface area contributed by atoms with Gasteiger partial charge in [0.2, 0.25) is 0 Å². The van der Waals surface area contributed by atoms with E-state index in [1.54, 1.807) is 0 Å². The average Bonchev–Trinajstić information content (AvgIpc) is 1.98. The molecule has 0 aromatic heterocycles. The summed E-state index contributed by atoms with van der Waals surface area (Å²) in [6, 6.07) is -0.885. The zero-order chi connectivity index (χ0) is 8.85. The van der Waals surface area contributed by atoms with Crippen molar-refractivity contribution in [3.63, 3.8) is 0 Å². The molecular weight excluding hydrogens is 186 g/mol. The highest BCUT2D eigenvalue weighted by Gasteiger charge is 2.14. The maximum atomic E-state index is 10.6. The summed E-state index contributed by atoms with van der Waals surface area (Å²) in [5, 5.41) is 0. The van der Waals surface area contributed by atoms with Crippen molar-refractivity contribution in [3.05, 3.63) is 0 Å². The van der Waals surface area contributed by atoms with Gasteiger partial charge in [-0.1, -0.05) is 0 Å². The van der Waals surface area contributed by atoms with Crippen LogP contribution in [0.2, 0.25) is 0 Å². The molecule has 0 amide bonds. The van der Waals surface area contributed by atoms with Crippen molar-refractivity contribution < 1.29 is 19.1 Å². The van der Waals surface area contributed by atoms with Gasteiger partial charge >= 0.3 is 11.9 Å². The molecular formula is C6H12ClNO4. The number of esters is 2. The molecule has 2 N–H and O–H groups in total. The molecule has 0 saturated heterocycles. The summed E-state index contributed by atoms with van der Waals surface area (Å²) in [5.74, 6) is -1.06. The Balaban J connectivity index is 0. The van der Waals surface area contributed by atoms with Gasteiger partial charge in [-0.3, -0.25) is 9.59 Å². The van der Waals surface area contributed by atoms with E-state index in [9.17, 15) is 9.59 Å². The monoisotopic (exact) mass is 197 g/mol. The molecule has 0 saturated carbocycles. The minimum atomic E-state index is -0.885. The third kappa shape index (κ3) is 5.94. The quantitative estimate of drug-likeness (QED) is 0.616. The Labute approximate surface area is 76.6 Å². The predicted octanol–water partition coefficient (Wildman–Crippen LogP) is -0.528. The summed E-state index contributed by atoms with van der Waals surface area (Å²) < 4.78 is 8.75. The number of nitrogens with two attached hydrogens (primary N) is 1. The highest BCUT2D eigenvalue weighted by Crippen LogP contribution is 1.85. The SMILES string of the molecule is COC(=O)[C@@H](N)COC(C)=O.Cl. The molecule has 0 spiro atoms. The fraction of sp³-hybridized carbons (Fsp3) is 0.667. The van der Waals surface area contributed by atoms with E-state index < -0.39 is 18.0 Å². The molecule has 0 aliphatic heterocycles. The van der Waals surface area contributed by atoms with Crippen molar-refractivity contribution in [2.24, 2.45) is 5.73 Å². The molecule has 12 heavy (non-hydrogen) atoms. The van der Waals surface area contributed by atoms with Crippen molar-refractivity contribution >= 4 is 24.3 Å². The van der Waals surface area contributed by atoms with Crippen LogP contribution in [-0.4, -0.2) is 31.7 Å². The van der Waals surface area contributed by atoms with Crippen LogP contribution in [0.25, 0.3) is 0 Å². The second-order valence-electron chi connectivity index (χ2n) is 1.93. The van der Waals surface area contributed by atoms with Crippen molar-refractivity contribution in [1.29, 1.82) is 0 Å². The Morgan fingerprint density at radius 1 is 1.50 bits per heavy atom. The van der Waals surface area contributed by atoms with Crippen LogP contribution in [-0.2, 0) is 19.1 Å². The van der Waals surface area contributed by atoms with Crippen LogP contribution in [0.1, 0.15) is 6.92 Å². The van der Waals surface area contributed by atoms with Crippen molar-refractivity contribution in [1.82, 2.24) is 0 Å². The number of methoxy groups -OCH3 is 1. The summed E-state index contributed by atoms with van der Waals surface area (Å²) >= 11 is 0. The molecule has 0 aromatic rings. The molecule has 0 aliphatic carbocycles. The average molecular weight is 198 g/mol. The summed E-state index contributed by atoms with van der Waals surface area (Å²) in [5.41, 5.74) is 5.22. The molecule has 0 aromatic carbocycles. The standard InChI is InChI=1S/C6H11NO4.ClH/c1-4(8)11-3-5(7)6(9)10-2;/h5H,3,7H2,1-2H3;1H/t5-;/m0./s1. The molecule has 0 heterocycles. The summed E-state index contributed by atoms with van der Waals surface area (Å²) in [6.07, 6.45) is 0.